The second-order valence-corrected chi connectivity index (χ2v) is 4.68. The van der Waals surface area contributed by atoms with E-state index in [0.29, 0.717) is 11.7 Å². The van der Waals surface area contributed by atoms with Gasteiger partial charge in [-0.3, -0.25) is 0 Å². The van der Waals surface area contributed by atoms with Crippen LogP contribution in [0.5, 0.6) is 0 Å². The molecule has 1 saturated heterocycles. The second-order valence-electron chi connectivity index (χ2n) is 4.68. The molecule has 2 heterocycles. The normalized spacial score (nSPS) is 20.9. The number of rotatable bonds is 3. The average Bonchev–Trinajstić information content (AvgIpc) is 2.29. The molecule has 94 valence electrons. The van der Waals surface area contributed by atoms with Crippen molar-refractivity contribution < 1.29 is 0 Å². The van der Waals surface area contributed by atoms with Crippen LogP contribution >= 0.6 is 0 Å². The minimum Gasteiger partial charge on any atom is -0.396 e. The van der Waals surface area contributed by atoms with Gasteiger partial charge in [-0.05, 0) is 14.1 Å². The Morgan fingerprint density at radius 2 is 2.18 bits per heavy atom. The molecule has 1 aromatic heterocycles. The molecule has 1 aliphatic rings. The largest absolute Gasteiger partial charge is 0.396 e. The highest BCUT2D eigenvalue weighted by Gasteiger charge is 2.21. The van der Waals surface area contributed by atoms with Crippen LogP contribution in [-0.4, -0.2) is 61.2 Å². The van der Waals surface area contributed by atoms with Gasteiger partial charge in [-0.15, -0.1) is 0 Å². The van der Waals surface area contributed by atoms with Crippen LogP contribution in [0.2, 0.25) is 0 Å². The van der Waals surface area contributed by atoms with Crippen LogP contribution in [0.3, 0.4) is 0 Å². The van der Waals surface area contributed by atoms with Gasteiger partial charge < -0.3 is 20.9 Å². The Balaban J connectivity index is 1.99. The van der Waals surface area contributed by atoms with Gasteiger partial charge in [-0.1, -0.05) is 0 Å². The summed E-state index contributed by atoms with van der Waals surface area (Å²) in [6, 6.07) is 0.458. The van der Waals surface area contributed by atoms with E-state index < -0.39 is 0 Å². The van der Waals surface area contributed by atoms with E-state index in [1.54, 1.807) is 12.4 Å². The van der Waals surface area contributed by atoms with E-state index in [2.05, 4.69) is 39.2 Å². The molecule has 0 radical (unpaired) electrons. The lowest BCUT2D eigenvalue weighted by Gasteiger charge is -2.34. The Morgan fingerprint density at radius 3 is 2.82 bits per heavy atom. The van der Waals surface area contributed by atoms with Gasteiger partial charge in [0.15, 0.2) is 0 Å². The van der Waals surface area contributed by atoms with Gasteiger partial charge in [0.2, 0.25) is 5.95 Å². The number of hydrogen-bond donors (Lipinski definition) is 2. The van der Waals surface area contributed by atoms with E-state index in [-0.39, 0.29) is 0 Å². The Kier molecular flexibility index (Phi) is 3.75. The molecule has 0 aromatic carbocycles. The van der Waals surface area contributed by atoms with Gasteiger partial charge in [-0.2, -0.15) is 0 Å². The number of nitrogens with two attached hydrogens (primary N) is 1. The van der Waals surface area contributed by atoms with Crippen LogP contribution in [0.25, 0.3) is 0 Å². The minimum atomic E-state index is 0.458. The summed E-state index contributed by atoms with van der Waals surface area (Å²) < 4.78 is 0. The number of nitrogens with zero attached hydrogens (tertiary/aromatic N) is 4. The van der Waals surface area contributed by atoms with Crippen LogP contribution < -0.4 is 16.0 Å². The number of nitrogen functional groups attached to an aromatic ring is 1. The summed E-state index contributed by atoms with van der Waals surface area (Å²) in [6.07, 6.45) is 3.32. The van der Waals surface area contributed by atoms with E-state index in [0.717, 1.165) is 32.1 Å². The average molecular weight is 236 g/mol. The van der Waals surface area contributed by atoms with Crippen LogP contribution in [0.1, 0.15) is 0 Å². The first-order valence-electron chi connectivity index (χ1n) is 5.86. The van der Waals surface area contributed by atoms with Crippen LogP contribution in [-0.2, 0) is 0 Å². The summed E-state index contributed by atoms with van der Waals surface area (Å²) >= 11 is 0. The van der Waals surface area contributed by atoms with Crippen molar-refractivity contribution in [2.45, 2.75) is 6.04 Å². The fraction of sp³-hybridized carbons (Fsp3) is 0.636. The van der Waals surface area contributed by atoms with Crippen molar-refractivity contribution in [1.29, 1.82) is 0 Å². The maximum absolute atomic E-state index is 5.59. The highest BCUT2D eigenvalue weighted by atomic mass is 15.3. The molecule has 0 aliphatic carbocycles. The maximum Gasteiger partial charge on any atom is 0.225 e. The topological polar surface area (TPSA) is 70.3 Å². The predicted octanol–water partition coefficient (Wildman–Crippen LogP) is -0.601. The van der Waals surface area contributed by atoms with Crippen molar-refractivity contribution in [3.05, 3.63) is 12.4 Å². The first-order valence-corrected chi connectivity index (χ1v) is 5.86. The molecule has 2 rings (SSSR count). The number of anilines is 2. The fourth-order valence-electron chi connectivity index (χ4n) is 2.06. The van der Waals surface area contributed by atoms with E-state index in [1.165, 1.54) is 0 Å². The highest BCUT2D eigenvalue weighted by molar-refractivity contribution is 5.38. The molecule has 6 heteroatoms. The smallest absolute Gasteiger partial charge is 0.225 e. The zero-order valence-corrected chi connectivity index (χ0v) is 10.4. The molecule has 0 spiro atoms. The number of piperazine rings is 1. The first kappa shape index (κ1) is 12.1. The molecular formula is C11H20N6. The summed E-state index contributed by atoms with van der Waals surface area (Å²) in [5.41, 5.74) is 6.19. The maximum atomic E-state index is 5.59. The molecule has 0 amide bonds. The summed E-state index contributed by atoms with van der Waals surface area (Å²) in [7, 11) is 4.17. The van der Waals surface area contributed by atoms with Gasteiger partial charge in [0.05, 0.1) is 18.1 Å². The van der Waals surface area contributed by atoms with Gasteiger partial charge >= 0.3 is 0 Å². The monoisotopic (exact) mass is 236 g/mol. The van der Waals surface area contributed by atoms with Gasteiger partial charge in [0.25, 0.3) is 0 Å². The molecule has 0 unspecified atom stereocenters. The van der Waals surface area contributed by atoms with Crippen LogP contribution in [0.15, 0.2) is 12.4 Å². The molecule has 0 saturated carbocycles. The lowest BCUT2D eigenvalue weighted by Crippen LogP contribution is -2.54. The summed E-state index contributed by atoms with van der Waals surface area (Å²) in [6.45, 7) is 3.85. The SMILES string of the molecule is CN(C)C[C@H]1CN(c2ncc(N)cn2)CCN1. The summed E-state index contributed by atoms with van der Waals surface area (Å²) in [4.78, 5) is 12.9. The van der Waals surface area contributed by atoms with Gasteiger partial charge in [0, 0.05) is 32.2 Å². The van der Waals surface area contributed by atoms with E-state index in [9.17, 15) is 0 Å². The lowest BCUT2D eigenvalue weighted by molar-refractivity contribution is 0.322. The molecular weight excluding hydrogens is 216 g/mol. The van der Waals surface area contributed by atoms with Crippen LogP contribution in [0, 0.1) is 0 Å². The summed E-state index contributed by atoms with van der Waals surface area (Å²) in [5, 5.41) is 3.50. The van der Waals surface area contributed by atoms with Crippen molar-refractivity contribution in [2.24, 2.45) is 0 Å². The van der Waals surface area contributed by atoms with Crippen LogP contribution in [0.4, 0.5) is 11.6 Å². The van der Waals surface area contributed by atoms with E-state index in [1.807, 2.05) is 0 Å². The van der Waals surface area contributed by atoms with Gasteiger partial charge in [0.1, 0.15) is 0 Å². The molecule has 6 nitrogen and oxygen atoms in total. The third kappa shape index (κ3) is 3.28. The van der Waals surface area contributed by atoms with E-state index >= 15 is 0 Å². The lowest BCUT2D eigenvalue weighted by atomic mass is 10.2. The molecule has 1 fully saturated rings. The standard InChI is InChI=1S/C11H20N6/c1-16(2)7-10-8-17(4-3-13-10)11-14-5-9(12)6-15-11/h5-6,10,13H,3-4,7-8,12H2,1-2H3/t10-/m0/s1. The zero-order valence-electron chi connectivity index (χ0n) is 10.4. The van der Waals surface area contributed by atoms with Crippen molar-refractivity contribution in [2.75, 3.05) is 50.9 Å². The Bertz CT molecular complexity index is 349. The van der Waals surface area contributed by atoms with E-state index in [4.69, 9.17) is 5.73 Å². The zero-order chi connectivity index (χ0) is 12.3. The second kappa shape index (κ2) is 5.29. The molecule has 0 bridgehead atoms. The minimum absolute atomic E-state index is 0.458. The van der Waals surface area contributed by atoms with Crippen molar-refractivity contribution in [3.8, 4) is 0 Å². The van der Waals surface area contributed by atoms with Crippen molar-refractivity contribution in [1.82, 2.24) is 20.2 Å². The third-order valence-corrected chi connectivity index (χ3v) is 2.78. The number of nitrogens with one attached hydrogen (secondary N) is 1. The Labute approximate surface area is 102 Å². The molecule has 3 N–H and O–H groups in total. The molecule has 1 atom stereocenters. The molecule has 1 aromatic rings. The molecule has 17 heavy (non-hydrogen) atoms. The number of likely N-dealkylation sites (N-methyl/N-ethyl adjacent to an activating group) is 1. The third-order valence-electron chi connectivity index (χ3n) is 2.78. The highest BCUT2D eigenvalue weighted by Crippen LogP contribution is 2.10. The predicted molar refractivity (Wildman–Crippen MR) is 69.0 cm³/mol. The summed E-state index contributed by atoms with van der Waals surface area (Å²) in [5.74, 6) is 0.768. The Hall–Kier alpha value is -1.40. The quantitative estimate of drug-likeness (QED) is 0.730. The van der Waals surface area contributed by atoms with Gasteiger partial charge in [-0.25, -0.2) is 9.97 Å². The fourth-order valence-corrected chi connectivity index (χ4v) is 2.06. The van der Waals surface area contributed by atoms with Crippen molar-refractivity contribution >= 4 is 11.6 Å². The Morgan fingerprint density at radius 1 is 1.47 bits per heavy atom. The van der Waals surface area contributed by atoms with Crippen molar-refractivity contribution in [3.63, 3.8) is 0 Å². The first-order chi connectivity index (χ1) is 8.15. The number of aromatic nitrogens is 2. The molecule has 1 aliphatic heterocycles. The number of hydrogen-bond acceptors (Lipinski definition) is 6.